The number of carboxylic acid groups (broad SMARTS) is 1. The van der Waals surface area contributed by atoms with Crippen molar-refractivity contribution in [3.05, 3.63) is 34.9 Å². The van der Waals surface area contributed by atoms with Crippen LogP contribution in [-0.2, 0) is 16.5 Å². The molecule has 1 unspecified atom stereocenters. The van der Waals surface area contributed by atoms with Crippen LogP contribution in [0.3, 0.4) is 0 Å². The highest BCUT2D eigenvalue weighted by atomic mass is 79.9. The SMILES string of the molecule is N#CCCc1cc(CBr)cc(C(O)C(=O)O)c1. The van der Waals surface area contributed by atoms with Gasteiger partial charge in [-0.3, -0.25) is 0 Å². The second-order valence-corrected chi connectivity index (χ2v) is 4.18. The molecule has 0 heterocycles. The third-order valence-electron chi connectivity index (χ3n) is 2.30. The van der Waals surface area contributed by atoms with E-state index in [1.165, 1.54) is 0 Å². The summed E-state index contributed by atoms with van der Waals surface area (Å²) in [6.07, 6.45) is -0.597. The zero-order valence-electron chi connectivity index (χ0n) is 9.06. The van der Waals surface area contributed by atoms with Gasteiger partial charge in [0.2, 0.25) is 0 Å². The van der Waals surface area contributed by atoms with Crippen LogP contribution < -0.4 is 0 Å². The Balaban J connectivity index is 3.05. The smallest absolute Gasteiger partial charge is 0.337 e. The van der Waals surface area contributed by atoms with Crippen LogP contribution in [0.25, 0.3) is 0 Å². The Morgan fingerprint density at radius 1 is 1.41 bits per heavy atom. The third-order valence-corrected chi connectivity index (χ3v) is 2.95. The van der Waals surface area contributed by atoms with E-state index in [2.05, 4.69) is 15.9 Å². The van der Waals surface area contributed by atoms with Crippen LogP contribution in [-0.4, -0.2) is 16.2 Å². The number of halogens is 1. The molecular weight excluding hydrogens is 286 g/mol. The number of aryl methyl sites for hydroxylation is 1. The Labute approximate surface area is 108 Å². The number of benzene rings is 1. The van der Waals surface area contributed by atoms with Gasteiger partial charge in [-0.1, -0.05) is 34.1 Å². The molecule has 1 aromatic carbocycles. The highest BCUT2D eigenvalue weighted by Crippen LogP contribution is 2.20. The molecule has 90 valence electrons. The van der Waals surface area contributed by atoms with Crippen molar-refractivity contribution < 1.29 is 15.0 Å². The summed E-state index contributed by atoms with van der Waals surface area (Å²) in [5.74, 6) is -1.28. The van der Waals surface area contributed by atoms with Crippen LogP contribution in [0.5, 0.6) is 0 Å². The minimum Gasteiger partial charge on any atom is -0.479 e. The summed E-state index contributed by atoms with van der Waals surface area (Å²) in [6, 6.07) is 7.20. The lowest BCUT2D eigenvalue weighted by atomic mass is 10.00. The van der Waals surface area contributed by atoms with Crippen molar-refractivity contribution in [1.82, 2.24) is 0 Å². The monoisotopic (exact) mass is 297 g/mol. The second kappa shape index (κ2) is 6.38. The maximum atomic E-state index is 10.7. The summed E-state index contributed by atoms with van der Waals surface area (Å²) in [6.45, 7) is 0. The molecule has 0 aliphatic carbocycles. The van der Waals surface area contributed by atoms with E-state index in [1.54, 1.807) is 12.1 Å². The van der Waals surface area contributed by atoms with Crippen LogP contribution >= 0.6 is 15.9 Å². The summed E-state index contributed by atoms with van der Waals surface area (Å²) in [4.78, 5) is 10.7. The van der Waals surface area contributed by atoms with Crippen molar-refractivity contribution >= 4 is 21.9 Å². The molecular formula is C12H12BrNO3. The fourth-order valence-electron chi connectivity index (χ4n) is 1.51. The maximum absolute atomic E-state index is 10.7. The van der Waals surface area contributed by atoms with Gasteiger partial charge < -0.3 is 10.2 Å². The van der Waals surface area contributed by atoms with Crippen molar-refractivity contribution in [2.45, 2.75) is 24.3 Å². The van der Waals surface area contributed by atoms with Gasteiger partial charge in [0.25, 0.3) is 0 Å². The van der Waals surface area contributed by atoms with Crippen LogP contribution in [0.15, 0.2) is 18.2 Å². The predicted molar refractivity (Wildman–Crippen MR) is 65.6 cm³/mol. The molecule has 2 N–H and O–H groups in total. The normalized spacial score (nSPS) is 11.8. The standard InChI is InChI=1S/C12H12BrNO3/c13-7-9-4-8(2-1-3-14)5-10(6-9)11(15)12(16)17/h4-6,11,15H,1-2,7H2,(H,16,17). The van der Waals surface area contributed by atoms with Gasteiger partial charge in [0.15, 0.2) is 6.10 Å². The van der Waals surface area contributed by atoms with E-state index in [-0.39, 0.29) is 0 Å². The Morgan fingerprint density at radius 2 is 2.06 bits per heavy atom. The number of aliphatic hydroxyl groups excluding tert-OH is 1. The summed E-state index contributed by atoms with van der Waals surface area (Å²) >= 11 is 3.29. The number of hydrogen-bond acceptors (Lipinski definition) is 3. The average molecular weight is 298 g/mol. The number of alkyl halides is 1. The lowest BCUT2D eigenvalue weighted by molar-refractivity contribution is -0.146. The Morgan fingerprint density at radius 3 is 2.59 bits per heavy atom. The molecule has 0 aliphatic heterocycles. The third kappa shape index (κ3) is 3.84. The van der Waals surface area contributed by atoms with Crippen molar-refractivity contribution in [1.29, 1.82) is 5.26 Å². The van der Waals surface area contributed by atoms with E-state index in [9.17, 15) is 9.90 Å². The van der Waals surface area contributed by atoms with Gasteiger partial charge >= 0.3 is 5.97 Å². The number of nitrogens with zero attached hydrogens (tertiary/aromatic N) is 1. The number of nitriles is 1. The van der Waals surface area contributed by atoms with Gasteiger partial charge in [-0.2, -0.15) is 5.26 Å². The molecule has 0 aliphatic rings. The zero-order valence-corrected chi connectivity index (χ0v) is 10.6. The van der Waals surface area contributed by atoms with E-state index < -0.39 is 12.1 Å². The Bertz CT molecular complexity index is 454. The number of aliphatic carboxylic acids is 1. The van der Waals surface area contributed by atoms with Crippen LogP contribution in [0.4, 0.5) is 0 Å². The minimum atomic E-state index is -1.52. The van der Waals surface area contributed by atoms with Gasteiger partial charge in [0.05, 0.1) is 6.07 Å². The summed E-state index contributed by atoms with van der Waals surface area (Å²) in [7, 11) is 0. The van der Waals surface area contributed by atoms with Gasteiger partial charge in [-0.15, -0.1) is 0 Å². The van der Waals surface area contributed by atoms with Gasteiger partial charge in [-0.05, 0) is 23.1 Å². The van der Waals surface area contributed by atoms with Crippen LogP contribution in [0.1, 0.15) is 29.2 Å². The molecule has 5 heteroatoms. The molecule has 0 spiro atoms. The lowest BCUT2D eigenvalue weighted by Gasteiger charge is -2.10. The maximum Gasteiger partial charge on any atom is 0.337 e. The number of aliphatic hydroxyl groups is 1. The second-order valence-electron chi connectivity index (χ2n) is 3.62. The van der Waals surface area contributed by atoms with Crippen molar-refractivity contribution in [3.63, 3.8) is 0 Å². The fraction of sp³-hybridized carbons (Fsp3) is 0.333. The quantitative estimate of drug-likeness (QED) is 0.816. The summed E-state index contributed by atoms with van der Waals surface area (Å²) in [5, 5.41) is 27.3. The first-order chi connectivity index (χ1) is 8.08. The van der Waals surface area contributed by atoms with Crippen molar-refractivity contribution in [2.24, 2.45) is 0 Å². The lowest BCUT2D eigenvalue weighted by Crippen LogP contribution is -2.11. The Hall–Kier alpha value is -1.38. The molecule has 1 rings (SSSR count). The van der Waals surface area contributed by atoms with E-state index in [0.717, 1.165) is 11.1 Å². The van der Waals surface area contributed by atoms with E-state index >= 15 is 0 Å². The van der Waals surface area contributed by atoms with Crippen molar-refractivity contribution in [3.8, 4) is 6.07 Å². The number of hydrogen-bond donors (Lipinski definition) is 2. The fourth-order valence-corrected chi connectivity index (χ4v) is 1.84. The van der Waals surface area contributed by atoms with Gasteiger partial charge in [0.1, 0.15) is 0 Å². The number of carboxylic acids is 1. The first-order valence-corrected chi connectivity index (χ1v) is 6.17. The number of rotatable bonds is 5. The highest BCUT2D eigenvalue weighted by Gasteiger charge is 2.16. The molecule has 1 aromatic rings. The molecule has 0 aromatic heterocycles. The highest BCUT2D eigenvalue weighted by molar-refractivity contribution is 9.08. The minimum absolute atomic E-state index is 0.349. The first kappa shape index (κ1) is 13.7. The predicted octanol–water partition coefficient (Wildman–Crippen LogP) is 2.16. The molecule has 0 amide bonds. The summed E-state index contributed by atoms with van der Waals surface area (Å²) < 4.78 is 0. The van der Waals surface area contributed by atoms with E-state index in [0.29, 0.717) is 23.7 Å². The van der Waals surface area contributed by atoms with Gasteiger partial charge in [-0.25, -0.2) is 4.79 Å². The molecule has 1 atom stereocenters. The number of carbonyl (C=O) groups is 1. The average Bonchev–Trinajstić information content (AvgIpc) is 2.34. The molecule has 4 nitrogen and oxygen atoms in total. The van der Waals surface area contributed by atoms with Crippen molar-refractivity contribution in [2.75, 3.05) is 0 Å². The van der Waals surface area contributed by atoms with E-state index in [1.807, 2.05) is 12.1 Å². The zero-order chi connectivity index (χ0) is 12.8. The van der Waals surface area contributed by atoms with Gasteiger partial charge in [0, 0.05) is 11.8 Å². The summed E-state index contributed by atoms with van der Waals surface area (Å²) in [5.41, 5.74) is 2.09. The molecule has 0 saturated carbocycles. The first-order valence-electron chi connectivity index (χ1n) is 5.05. The Kier molecular flexibility index (Phi) is 5.13. The molecule has 17 heavy (non-hydrogen) atoms. The van der Waals surface area contributed by atoms with Crippen LogP contribution in [0.2, 0.25) is 0 Å². The molecule has 0 radical (unpaired) electrons. The molecule has 0 fully saturated rings. The largest absolute Gasteiger partial charge is 0.479 e. The topological polar surface area (TPSA) is 81.3 Å². The van der Waals surface area contributed by atoms with E-state index in [4.69, 9.17) is 10.4 Å². The molecule has 0 saturated heterocycles. The molecule has 0 bridgehead atoms. The van der Waals surface area contributed by atoms with Crippen LogP contribution in [0, 0.1) is 11.3 Å².